The predicted molar refractivity (Wildman–Crippen MR) is 80.9 cm³/mol. The largest absolute Gasteiger partial charge is 0.467 e. The first-order chi connectivity index (χ1) is 8.65. The molecule has 0 saturated carbocycles. The lowest BCUT2D eigenvalue weighted by atomic mass is 10.3. The van der Waals surface area contributed by atoms with Gasteiger partial charge in [-0.05, 0) is 58.5 Å². The maximum Gasteiger partial charge on any atom is 0.171 e. The summed E-state index contributed by atoms with van der Waals surface area (Å²) in [5.74, 6) is 0.827. The van der Waals surface area contributed by atoms with Gasteiger partial charge in [0.05, 0.1) is 17.8 Å². The van der Waals surface area contributed by atoms with E-state index < -0.39 is 0 Å². The van der Waals surface area contributed by atoms with Crippen molar-refractivity contribution in [3.05, 3.63) is 51.9 Å². The van der Waals surface area contributed by atoms with Crippen molar-refractivity contribution in [3.63, 3.8) is 0 Å². The van der Waals surface area contributed by atoms with Crippen molar-refractivity contribution >= 4 is 50.5 Å². The van der Waals surface area contributed by atoms with Gasteiger partial charge in [0, 0.05) is 10.2 Å². The van der Waals surface area contributed by atoms with Gasteiger partial charge in [0.15, 0.2) is 5.11 Å². The highest BCUT2D eigenvalue weighted by molar-refractivity contribution is 9.10. The van der Waals surface area contributed by atoms with Gasteiger partial charge in [-0.3, -0.25) is 0 Å². The van der Waals surface area contributed by atoms with E-state index in [1.807, 2.05) is 24.3 Å². The first kappa shape index (κ1) is 13.4. The van der Waals surface area contributed by atoms with Crippen LogP contribution in [0.2, 0.25) is 5.02 Å². The minimum atomic E-state index is 0.518. The Morgan fingerprint density at radius 2 is 2.22 bits per heavy atom. The van der Waals surface area contributed by atoms with E-state index in [4.69, 9.17) is 28.2 Å². The first-order valence-corrected chi connectivity index (χ1v) is 6.75. The Hall–Kier alpha value is -1.04. The summed E-state index contributed by atoms with van der Waals surface area (Å²) in [6.45, 7) is 0.545. The highest BCUT2D eigenvalue weighted by Gasteiger charge is 2.02. The van der Waals surface area contributed by atoms with Crippen molar-refractivity contribution in [2.45, 2.75) is 6.54 Å². The second kappa shape index (κ2) is 6.22. The summed E-state index contributed by atoms with van der Waals surface area (Å²) in [7, 11) is 0. The van der Waals surface area contributed by atoms with Crippen molar-refractivity contribution in [2.24, 2.45) is 0 Å². The molecule has 94 valence electrons. The number of halogens is 2. The van der Waals surface area contributed by atoms with Crippen molar-refractivity contribution in [2.75, 3.05) is 5.32 Å². The molecule has 3 nitrogen and oxygen atoms in total. The third-order valence-electron chi connectivity index (χ3n) is 2.18. The van der Waals surface area contributed by atoms with Crippen molar-refractivity contribution in [3.8, 4) is 0 Å². The summed E-state index contributed by atoms with van der Waals surface area (Å²) in [5, 5.41) is 7.24. The third kappa shape index (κ3) is 3.73. The van der Waals surface area contributed by atoms with Crippen molar-refractivity contribution in [1.82, 2.24) is 5.32 Å². The molecule has 0 bridgehead atoms. The average Bonchev–Trinajstić information content (AvgIpc) is 2.84. The molecule has 6 heteroatoms. The molecule has 1 aromatic heterocycles. The molecule has 0 amide bonds. The van der Waals surface area contributed by atoms with Crippen LogP contribution in [0.5, 0.6) is 0 Å². The molecule has 0 radical (unpaired) electrons. The molecule has 0 atom stereocenters. The normalized spacial score (nSPS) is 10.1. The monoisotopic (exact) mass is 344 g/mol. The molecule has 2 N–H and O–H groups in total. The number of thiocarbonyl (C=S) groups is 1. The number of furan rings is 1. The van der Waals surface area contributed by atoms with Crippen LogP contribution in [-0.2, 0) is 6.54 Å². The van der Waals surface area contributed by atoms with E-state index in [-0.39, 0.29) is 0 Å². The lowest BCUT2D eigenvalue weighted by Gasteiger charge is -2.10. The summed E-state index contributed by atoms with van der Waals surface area (Å²) in [4.78, 5) is 0. The van der Waals surface area contributed by atoms with E-state index >= 15 is 0 Å². The number of hydrogen-bond acceptors (Lipinski definition) is 2. The Bertz CT molecular complexity index is 545. The van der Waals surface area contributed by atoms with Gasteiger partial charge in [0.1, 0.15) is 5.76 Å². The zero-order chi connectivity index (χ0) is 13.0. The van der Waals surface area contributed by atoms with Crippen LogP contribution in [0, 0.1) is 0 Å². The van der Waals surface area contributed by atoms with E-state index in [0.717, 1.165) is 15.9 Å². The van der Waals surface area contributed by atoms with Crippen LogP contribution < -0.4 is 10.6 Å². The molecule has 0 fully saturated rings. The quantitative estimate of drug-likeness (QED) is 0.818. The number of hydrogen-bond donors (Lipinski definition) is 2. The topological polar surface area (TPSA) is 37.2 Å². The molecule has 2 aromatic rings. The van der Waals surface area contributed by atoms with Gasteiger partial charge < -0.3 is 15.1 Å². The molecule has 1 heterocycles. The minimum Gasteiger partial charge on any atom is -0.467 e. The molecular formula is C12H10BrClN2OS. The van der Waals surface area contributed by atoms with Crippen molar-refractivity contribution in [1.29, 1.82) is 0 Å². The highest BCUT2D eigenvalue weighted by atomic mass is 79.9. The second-order valence-corrected chi connectivity index (χ2v) is 5.19. The van der Waals surface area contributed by atoms with Gasteiger partial charge in [-0.25, -0.2) is 0 Å². The molecule has 18 heavy (non-hydrogen) atoms. The molecular weight excluding hydrogens is 336 g/mol. The van der Waals surface area contributed by atoms with Crippen LogP contribution >= 0.6 is 39.7 Å². The Labute approximate surface area is 124 Å². The summed E-state index contributed by atoms with van der Waals surface area (Å²) in [6, 6.07) is 9.26. The van der Waals surface area contributed by atoms with Gasteiger partial charge in [-0.15, -0.1) is 0 Å². The molecule has 1 aromatic carbocycles. The van der Waals surface area contributed by atoms with Crippen LogP contribution in [0.4, 0.5) is 5.69 Å². The SMILES string of the molecule is S=C(NCc1ccco1)Nc1ccc(Br)c(Cl)c1. The zero-order valence-corrected chi connectivity index (χ0v) is 12.4. The van der Waals surface area contributed by atoms with Gasteiger partial charge >= 0.3 is 0 Å². The fourth-order valence-electron chi connectivity index (χ4n) is 1.33. The third-order valence-corrected chi connectivity index (χ3v) is 3.66. The molecule has 0 saturated heterocycles. The highest BCUT2D eigenvalue weighted by Crippen LogP contribution is 2.25. The van der Waals surface area contributed by atoms with Gasteiger partial charge in [-0.1, -0.05) is 11.6 Å². The zero-order valence-electron chi connectivity index (χ0n) is 9.24. The van der Waals surface area contributed by atoms with E-state index in [1.54, 1.807) is 12.3 Å². The summed E-state index contributed by atoms with van der Waals surface area (Å²) in [5.41, 5.74) is 0.833. The molecule has 0 unspecified atom stereocenters. The van der Waals surface area contributed by atoms with E-state index in [2.05, 4.69) is 26.6 Å². The van der Waals surface area contributed by atoms with Crippen LogP contribution in [-0.4, -0.2) is 5.11 Å². The number of rotatable bonds is 3. The molecule has 0 aliphatic rings. The van der Waals surface area contributed by atoms with E-state index in [0.29, 0.717) is 16.7 Å². The van der Waals surface area contributed by atoms with E-state index in [1.165, 1.54) is 0 Å². The second-order valence-electron chi connectivity index (χ2n) is 3.52. The smallest absolute Gasteiger partial charge is 0.171 e. The molecule has 2 rings (SSSR count). The van der Waals surface area contributed by atoms with Crippen LogP contribution in [0.3, 0.4) is 0 Å². The predicted octanol–water partition coefficient (Wildman–Crippen LogP) is 4.18. The maximum absolute atomic E-state index is 5.99. The molecule has 0 spiro atoms. The Morgan fingerprint density at radius 1 is 1.39 bits per heavy atom. The van der Waals surface area contributed by atoms with Crippen LogP contribution in [0.25, 0.3) is 0 Å². The average molecular weight is 346 g/mol. The lowest BCUT2D eigenvalue weighted by Crippen LogP contribution is -2.27. The Balaban J connectivity index is 1.88. The molecule has 0 aliphatic carbocycles. The summed E-state index contributed by atoms with van der Waals surface area (Å²) < 4.78 is 6.04. The van der Waals surface area contributed by atoms with Crippen LogP contribution in [0.1, 0.15) is 5.76 Å². The fraction of sp³-hybridized carbons (Fsp3) is 0.0833. The van der Waals surface area contributed by atoms with Crippen LogP contribution in [0.15, 0.2) is 45.5 Å². The number of anilines is 1. The minimum absolute atomic E-state index is 0.518. The van der Waals surface area contributed by atoms with Gasteiger partial charge in [-0.2, -0.15) is 0 Å². The lowest BCUT2D eigenvalue weighted by molar-refractivity contribution is 0.503. The number of nitrogens with one attached hydrogen (secondary N) is 2. The van der Waals surface area contributed by atoms with Crippen molar-refractivity contribution < 1.29 is 4.42 Å². The Morgan fingerprint density at radius 3 is 2.89 bits per heavy atom. The summed E-state index contributed by atoms with van der Waals surface area (Å²) in [6.07, 6.45) is 1.63. The maximum atomic E-state index is 5.99. The standard InChI is InChI=1S/C12H10BrClN2OS/c13-10-4-3-8(6-11(10)14)16-12(18)15-7-9-2-1-5-17-9/h1-6H,7H2,(H2,15,16,18). The van der Waals surface area contributed by atoms with Gasteiger partial charge in [0.25, 0.3) is 0 Å². The fourth-order valence-corrected chi connectivity index (χ4v) is 1.95. The van der Waals surface area contributed by atoms with Gasteiger partial charge in [0.2, 0.25) is 0 Å². The van der Waals surface area contributed by atoms with E-state index in [9.17, 15) is 0 Å². The summed E-state index contributed by atoms with van der Waals surface area (Å²) >= 11 is 14.5. The number of benzene rings is 1. The Kier molecular flexibility index (Phi) is 4.63. The first-order valence-electron chi connectivity index (χ1n) is 5.17. The molecule has 0 aliphatic heterocycles.